The van der Waals surface area contributed by atoms with Gasteiger partial charge >= 0.3 is 0 Å². The van der Waals surface area contributed by atoms with Crippen LogP contribution in [0.4, 0.5) is 0 Å². The van der Waals surface area contributed by atoms with Gasteiger partial charge in [-0.1, -0.05) is 23.7 Å². The molecule has 2 rings (SSSR count). The first-order valence-corrected chi connectivity index (χ1v) is 6.45. The molecule has 1 aliphatic rings. The van der Waals surface area contributed by atoms with Crippen LogP contribution < -0.4 is 5.32 Å². The summed E-state index contributed by atoms with van der Waals surface area (Å²) in [6.45, 7) is 3.92. The number of ether oxygens (including phenoxy) is 1. The highest BCUT2D eigenvalue weighted by atomic mass is 35.5. The molecule has 0 unspecified atom stereocenters. The van der Waals surface area contributed by atoms with Crippen molar-refractivity contribution in [3.8, 4) is 0 Å². The molecular weight excluding hydrogens is 250 g/mol. The molecule has 0 atom stereocenters. The Morgan fingerprint density at radius 1 is 1.39 bits per heavy atom. The van der Waals surface area contributed by atoms with Gasteiger partial charge in [0, 0.05) is 25.2 Å². The zero-order valence-electron chi connectivity index (χ0n) is 10.5. The van der Waals surface area contributed by atoms with Crippen LogP contribution >= 0.6 is 11.6 Å². The highest BCUT2D eigenvalue weighted by molar-refractivity contribution is 6.30. The summed E-state index contributed by atoms with van der Waals surface area (Å²) in [5, 5.41) is 4.01. The number of hydrogen-bond acceptors (Lipinski definition) is 4. The number of halogens is 1. The van der Waals surface area contributed by atoms with Gasteiger partial charge in [-0.3, -0.25) is 4.99 Å². The lowest BCUT2D eigenvalue weighted by Crippen LogP contribution is -2.37. The van der Waals surface area contributed by atoms with Gasteiger partial charge in [-0.2, -0.15) is 0 Å². The topological polar surface area (TPSA) is 36.9 Å². The van der Waals surface area contributed by atoms with Gasteiger partial charge in [-0.05, 0) is 17.7 Å². The van der Waals surface area contributed by atoms with E-state index in [-0.39, 0.29) is 0 Å². The number of rotatable bonds is 5. The van der Waals surface area contributed by atoms with Gasteiger partial charge < -0.3 is 15.0 Å². The highest BCUT2D eigenvalue weighted by Crippen LogP contribution is 2.09. The Kier molecular flexibility index (Phi) is 4.84. The van der Waals surface area contributed by atoms with Crippen LogP contribution in [0.25, 0.3) is 0 Å². The summed E-state index contributed by atoms with van der Waals surface area (Å²) in [6.07, 6.45) is 0. The fourth-order valence-electron chi connectivity index (χ4n) is 1.73. The van der Waals surface area contributed by atoms with Gasteiger partial charge in [-0.25, -0.2) is 0 Å². The van der Waals surface area contributed by atoms with Gasteiger partial charge in [-0.15, -0.1) is 0 Å². The molecule has 0 amide bonds. The third-order valence-electron chi connectivity index (χ3n) is 2.77. The quantitative estimate of drug-likeness (QED) is 0.826. The molecule has 0 saturated carbocycles. The fourth-order valence-corrected chi connectivity index (χ4v) is 1.86. The van der Waals surface area contributed by atoms with E-state index in [1.54, 1.807) is 0 Å². The van der Waals surface area contributed by atoms with E-state index in [9.17, 15) is 0 Å². The number of nitrogens with one attached hydrogen (secondary N) is 1. The minimum absolute atomic E-state index is 0.612. The molecule has 98 valence electrons. The molecule has 0 fully saturated rings. The first kappa shape index (κ1) is 13.2. The van der Waals surface area contributed by atoms with E-state index in [0.29, 0.717) is 13.2 Å². The molecule has 18 heavy (non-hydrogen) atoms. The fraction of sp³-hybridized carbons (Fsp3) is 0.462. The summed E-state index contributed by atoms with van der Waals surface area (Å²) >= 11 is 5.81. The van der Waals surface area contributed by atoms with Gasteiger partial charge in [0.1, 0.15) is 0 Å². The van der Waals surface area contributed by atoms with Crippen molar-refractivity contribution < 1.29 is 4.74 Å². The van der Waals surface area contributed by atoms with Crippen LogP contribution in [0.5, 0.6) is 0 Å². The van der Waals surface area contributed by atoms with Crippen LogP contribution in [-0.2, 0) is 11.3 Å². The molecule has 1 heterocycles. The molecule has 0 bridgehead atoms. The van der Waals surface area contributed by atoms with Crippen molar-refractivity contribution >= 4 is 17.6 Å². The SMILES string of the molecule is CN1CCN=C1NCCOCc1ccc(Cl)cc1. The highest BCUT2D eigenvalue weighted by Gasteiger charge is 2.10. The summed E-state index contributed by atoms with van der Waals surface area (Å²) < 4.78 is 5.58. The molecule has 1 aromatic carbocycles. The summed E-state index contributed by atoms with van der Waals surface area (Å²) in [7, 11) is 2.04. The van der Waals surface area contributed by atoms with Crippen molar-refractivity contribution in [3.05, 3.63) is 34.9 Å². The molecular formula is C13H18ClN3O. The third-order valence-corrected chi connectivity index (χ3v) is 3.02. The Hall–Kier alpha value is -1.26. The Morgan fingerprint density at radius 2 is 2.17 bits per heavy atom. The van der Waals surface area contributed by atoms with Gasteiger partial charge in [0.15, 0.2) is 5.96 Å². The van der Waals surface area contributed by atoms with Gasteiger partial charge in [0.2, 0.25) is 0 Å². The van der Waals surface area contributed by atoms with Crippen molar-refractivity contribution in [1.82, 2.24) is 10.2 Å². The molecule has 1 aliphatic heterocycles. The van der Waals surface area contributed by atoms with E-state index in [1.807, 2.05) is 31.3 Å². The summed E-state index contributed by atoms with van der Waals surface area (Å²) in [4.78, 5) is 6.45. The maximum Gasteiger partial charge on any atom is 0.193 e. The maximum absolute atomic E-state index is 5.81. The van der Waals surface area contributed by atoms with E-state index in [1.165, 1.54) is 0 Å². The van der Waals surface area contributed by atoms with Crippen LogP contribution in [0.15, 0.2) is 29.3 Å². The van der Waals surface area contributed by atoms with Gasteiger partial charge in [0.25, 0.3) is 0 Å². The molecule has 5 heteroatoms. The van der Waals surface area contributed by atoms with Crippen molar-refractivity contribution in [2.75, 3.05) is 33.3 Å². The van der Waals surface area contributed by atoms with E-state index in [4.69, 9.17) is 16.3 Å². The van der Waals surface area contributed by atoms with Crippen LogP contribution in [0.2, 0.25) is 5.02 Å². The minimum atomic E-state index is 0.612. The third kappa shape index (κ3) is 3.89. The number of benzene rings is 1. The molecule has 0 aliphatic carbocycles. The number of hydrogen-bond donors (Lipinski definition) is 1. The van der Waals surface area contributed by atoms with E-state index >= 15 is 0 Å². The first-order chi connectivity index (χ1) is 8.75. The summed E-state index contributed by atoms with van der Waals surface area (Å²) in [6, 6.07) is 7.70. The molecule has 0 radical (unpaired) electrons. The second kappa shape index (κ2) is 6.61. The van der Waals surface area contributed by atoms with Crippen LogP contribution in [0.1, 0.15) is 5.56 Å². The second-order valence-electron chi connectivity index (χ2n) is 4.23. The van der Waals surface area contributed by atoms with Crippen molar-refractivity contribution in [2.24, 2.45) is 4.99 Å². The minimum Gasteiger partial charge on any atom is -0.375 e. The Bertz CT molecular complexity index is 405. The molecule has 4 nitrogen and oxygen atoms in total. The summed E-state index contributed by atoms with van der Waals surface area (Å²) in [5.41, 5.74) is 1.13. The molecule has 1 aromatic rings. The maximum atomic E-state index is 5.81. The molecule has 0 aromatic heterocycles. The number of aliphatic imine (C=N–C) groups is 1. The van der Waals surface area contributed by atoms with E-state index in [0.717, 1.165) is 36.2 Å². The lowest BCUT2D eigenvalue weighted by atomic mass is 10.2. The van der Waals surface area contributed by atoms with Crippen LogP contribution in [-0.4, -0.2) is 44.1 Å². The van der Waals surface area contributed by atoms with E-state index in [2.05, 4.69) is 15.2 Å². The lowest BCUT2D eigenvalue weighted by Gasteiger charge is -2.15. The van der Waals surface area contributed by atoms with Gasteiger partial charge in [0.05, 0.1) is 19.8 Å². The number of likely N-dealkylation sites (N-methyl/N-ethyl adjacent to an activating group) is 1. The smallest absolute Gasteiger partial charge is 0.193 e. The molecule has 0 spiro atoms. The Balaban J connectivity index is 1.60. The molecule has 0 saturated heterocycles. The predicted octanol–water partition coefficient (Wildman–Crippen LogP) is 1.75. The van der Waals surface area contributed by atoms with Crippen LogP contribution in [0, 0.1) is 0 Å². The standard InChI is InChI=1S/C13H18ClN3O/c1-17-8-6-15-13(17)16-7-9-18-10-11-2-4-12(14)5-3-11/h2-5H,6-10H2,1H3,(H,15,16). The van der Waals surface area contributed by atoms with Crippen LogP contribution in [0.3, 0.4) is 0 Å². The Labute approximate surface area is 113 Å². The predicted molar refractivity (Wildman–Crippen MR) is 74.0 cm³/mol. The van der Waals surface area contributed by atoms with Crippen molar-refractivity contribution in [3.63, 3.8) is 0 Å². The largest absolute Gasteiger partial charge is 0.375 e. The summed E-state index contributed by atoms with van der Waals surface area (Å²) in [5.74, 6) is 0.963. The Morgan fingerprint density at radius 3 is 2.83 bits per heavy atom. The number of nitrogens with zero attached hydrogens (tertiary/aromatic N) is 2. The van der Waals surface area contributed by atoms with E-state index < -0.39 is 0 Å². The first-order valence-electron chi connectivity index (χ1n) is 6.07. The lowest BCUT2D eigenvalue weighted by molar-refractivity contribution is 0.125. The van der Waals surface area contributed by atoms with Crippen molar-refractivity contribution in [1.29, 1.82) is 0 Å². The van der Waals surface area contributed by atoms with Crippen molar-refractivity contribution in [2.45, 2.75) is 6.61 Å². The zero-order valence-corrected chi connectivity index (χ0v) is 11.3. The normalized spacial score (nSPS) is 14.8. The zero-order chi connectivity index (χ0) is 12.8. The second-order valence-corrected chi connectivity index (χ2v) is 4.67. The molecule has 1 N–H and O–H groups in total. The number of guanidine groups is 1. The average molecular weight is 268 g/mol. The average Bonchev–Trinajstić information content (AvgIpc) is 2.77. The monoisotopic (exact) mass is 267 g/mol.